The van der Waals surface area contributed by atoms with Crippen LogP contribution in [0.25, 0.3) is 10.6 Å². The van der Waals surface area contributed by atoms with Crippen LogP contribution in [0, 0.1) is 31.6 Å². The number of amides is 4. The molecule has 51 heavy (non-hydrogen) atoms. The van der Waals surface area contributed by atoms with Crippen LogP contribution in [0.2, 0.25) is 0 Å². The number of anilines is 1. The van der Waals surface area contributed by atoms with Crippen molar-refractivity contribution in [3.05, 3.63) is 46.5 Å². The number of sulfonamides is 1. The molecule has 6 rings (SSSR count). The third kappa shape index (κ3) is 7.93. The molecule has 5 atom stereocenters. The molecule has 1 aliphatic heterocycles. The maximum Gasteiger partial charge on any atom is 0.416 e. The molecular formula is C34H40F3N5O7S2. The summed E-state index contributed by atoms with van der Waals surface area (Å²) in [6, 6.07) is 2.94. The number of hydrogen-bond acceptors (Lipinski definition) is 9. The SMILES string of the molecule is Cc1nc(-c2ccc(C(F)(F)F)cc2NC(=O)O[C@@H]2C[C@H]3C(=O)N[C@]4(C(=O)NS(=O)(=O)C5CC5)C[C@H]4/C=C/CCCCN(C)C(=O)[C@@H]3C2)sc1C. The first-order valence-corrected chi connectivity index (χ1v) is 19.3. The Balaban J connectivity index is 1.23. The van der Waals surface area contributed by atoms with Gasteiger partial charge >= 0.3 is 12.3 Å². The summed E-state index contributed by atoms with van der Waals surface area (Å²) in [5.41, 5.74) is -1.73. The predicted molar refractivity (Wildman–Crippen MR) is 182 cm³/mol. The molecule has 4 aliphatic rings. The highest BCUT2D eigenvalue weighted by Gasteiger charge is 2.62. The number of ether oxygens (including phenoxy) is 1. The maximum absolute atomic E-state index is 14.0. The van der Waals surface area contributed by atoms with Crippen LogP contribution in [-0.4, -0.2) is 72.6 Å². The average molecular weight is 752 g/mol. The number of fused-ring (bicyclic) bond motifs is 2. The molecule has 0 unspecified atom stereocenters. The van der Waals surface area contributed by atoms with E-state index in [1.165, 1.54) is 22.3 Å². The second-order valence-electron chi connectivity index (χ2n) is 13.9. The fourth-order valence-electron chi connectivity index (χ4n) is 6.78. The van der Waals surface area contributed by atoms with Gasteiger partial charge in [-0.1, -0.05) is 12.2 Å². The Morgan fingerprint density at radius 1 is 1.12 bits per heavy atom. The van der Waals surface area contributed by atoms with Gasteiger partial charge in [-0.2, -0.15) is 13.2 Å². The van der Waals surface area contributed by atoms with Gasteiger partial charge < -0.3 is 15.0 Å². The van der Waals surface area contributed by atoms with Gasteiger partial charge in [0.1, 0.15) is 16.7 Å². The number of rotatable bonds is 6. The molecule has 17 heteroatoms. The summed E-state index contributed by atoms with van der Waals surface area (Å²) >= 11 is 1.26. The fourth-order valence-corrected chi connectivity index (χ4v) is 9.10. The van der Waals surface area contributed by atoms with E-state index in [2.05, 4.69) is 20.3 Å². The van der Waals surface area contributed by atoms with Crippen molar-refractivity contribution in [3.63, 3.8) is 0 Å². The topological polar surface area (TPSA) is 164 Å². The van der Waals surface area contributed by atoms with Gasteiger partial charge in [-0.05, 0) is 83.4 Å². The zero-order chi connectivity index (χ0) is 36.9. The molecule has 0 radical (unpaired) electrons. The number of halogens is 3. The smallest absolute Gasteiger partial charge is 0.416 e. The number of aryl methyl sites for hydroxylation is 2. The van der Waals surface area contributed by atoms with E-state index < -0.39 is 74.3 Å². The summed E-state index contributed by atoms with van der Waals surface area (Å²) in [4.78, 5) is 61.2. The third-order valence-electron chi connectivity index (χ3n) is 10.1. The number of alkyl halides is 3. The van der Waals surface area contributed by atoms with Crippen LogP contribution >= 0.6 is 11.3 Å². The lowest BCUT2D eigenvalue weighted by atomic mass is 9.93. The van der Waals surface area contributed by atoms with Crippen molar-refractivity contribution in [2.24, 2.45) is 17.8 Å². The van der Waals surface area contributed by atoms with Crippen molar-refractivity contribution in [1.82, 2.24) is 19.9 Å². The van der Waals surface area contributed by atoms with E-state index in [-0.39, 0.29) is 36.4 Å². The Labute approximate surface area is 297 Å². The van der Waals surface area contributed by atoms with Gasteiger partial charge in [0.25, 0.3) is 5.91 Å². The number of allylic oxidation sites excluding steroid dienone is 1. The number of hydrogen-bond donors (Lipinski definition) is 3. The van der Waals surface area contributed by atoms with E-state index in [0.717, 1.165) is 23.4 Å². The summed E-state index contributed by atoms with van der Waals surface area (Å²) in [7, 11) is -2.29. The van der Waals surface area contributed by atoms with Gasteiger partial charge in [0.05, 0.1) is 34.0 Å². The molecule has 0 saturated heterocycles. The maximum atomic E-state index is 14.0. The van der Waals surface area contributed by atoms with Crippen molar-refractivity contribution < 1.29 is 45.5 Å². The van der Waals surface area contributed by atoms with Crippen LogP contribution in [0.1, 0.15) is 67.5 Å². The molecule has 276 valence electrons. The van der Waals surface area contributed by atoms with Crippen molar-refractivity contribution in [2.75, 3.05) is 18.9 Å². The number of carbonyl (C=O) groups is 4. The lowest BCUT2D eigenvalue weighted by molar-refractivity contribution is -0.140. The lowest BCUT2D eigenvalue weighted by Crippen LogP contribution is -2.54. The Bertz CT molecular complexity index is 1860. The number of thiazole rings is 1. The minimum absolute atomic E-state index is 0.0480. The summed E-state index contributed by atoms with van der Waals surface area (Å²) < 4.78 is 74.1. The minimum Gasteiger partial charge on any atom is -0.446 e. The van der Waals surface area contributed by atoms with E-state index in [0.29, 0.717) is 42.9 Å². The first kappa shape index (κ1) is 36.8. The first-order chi connectivity index (χ1) is 24.0. The molecule has 3 saturated carbocycles. The Morgan fingerprint density at radius 3 is 2.51 bits per heavy atom. The third-order valence-corrected chi connectivity index (χ3v) is 13.0. The van der Waals surface area contributed by atoms with Crippen LogP contribution in [0.4, 0.5) is 23.7 Å². The summed E-state index contributed by atoms with van der Waals surface area (Å²) in [6.07, 6.45) is -0.0575. The van der Waals surface area contributed by atoms with Gasteiger partial charge in [-0.3, -0.25) is 24.4 Å². The molecule has 1 aromatic heterocycles. The number of nitrogens with one attached hydrogen (secondary N) is 3. The zero-order valence-electron chi connectivity index (χ0n) is 28.3. The number of aromatic nitrogens is 1. The highest BCUT2D eigenvalue weighted by atomic mass is 32.2. The highest BCUT2D eigenvalue weighted by molar-refractivity contribution is 7.91. The Morgan fingerprint density at radius 2 is 1.84 bits per heavy atom. The lowest BCUT2D eigenvalue weighted by Gasteiger charge is -2.26. The molecule has 3 N–H and O–H groups in total. The molecule has 0 spiro atoms. The van der Waals surface area contributed by atoms with Crippen molar-refractivity contribution in [1.29, 1.82) is 0 Å². The van der Waals surface area contributed by atoms with Crippen molar-refractivity contribution in [3.8, 4) is 10.6 Å². The molecule has 3 aliphatic carbocycles. The van der Waals surface area contributed by atoms with Crippen LogP contribution in [0.3, 0.4) is 0 Å². The van der Waals surface area contributed by atoms with Gasteiger partial charge in [0.15, 0.2) is 0 Å². The average Bonchev–Trinajstić information content (AvgIpc) is 3.96. The standard InChI is InChI=1S/C34H40F3N5O7S2/c1-18-19(2)50-29(38-18)24-12-9-20(34(35,36)37)14-27(24)39-32(46)49-22-15-25-26(16-22)30(44)42(3)13-7-5-4-6-8-21-17-33(21,40-28(25)43)31(45)41-51(47,48)23-10-11-23/h6,8-9,12,14,21-23,25-26H,4-5,7,10-11,13,15-17H2,1-3H3,(H,39,46)(H,40,43)(H,41,45)/b8-6+/t21-,22-,25-,26-,33-/m1/s1. The number of carbonyl (C=O) groups excluding carboxylic acids is 4. The molecule has 12 nitrogen and oxygen atoms in total. The molecule has 0 bridgehead atoms. The number of nitrogens with zero attached hydrogens (tertiary/aromatic N) is 2. The highest BCUT2D eigenvalue weighted by Crippen LogP contribution is 2.47. The van der Waals surface area contributed by atoms with Crippen LogP contribution in [-0.2, 0) is 35.3 Å². The molecule has 4 amide bonds. The summed E-state index contributed by atoms with van der Waals surface area (Å²) in [6.45, 7) is 4.01. The second-order valence-corrected chi connectivity index (χ2v) is 17.0. The fraction of sp³-hybridized carbons (Fsp3) is 0.559. The monoisotopic (exact) mass is 751 g/mol. The minimum atomic E-state index is -4.69. The van der Waals surface area contributed by atoms with E-state index in [1.807, 2.05) is 19.1 Å². The van der Waals surface area contributed by atoms with E-state index in [9.17, 15) is 40.8 Å². The molecule has 1 aromatic carbocycles. The molecule has 3 fully saturated rings. The second kappa shape index (κ2) is 13.9. The van der Waals surface area contributed by atoms with Crippen molar-refractivity contribution >= 4 is 50.9 Å². The predicted octanol–water partition coefficient (Wildman–Crippen LogP) is 5.07. The van der Waals surface area contributed by atoms with Gasteiger partial charge in [0, 0.05) is 30.0 Å². The van der Waals surface area contributed by atoms with Crippen LogP contribution < -0.4 is 15.4 Å². The van der Waals surface area contributed by atoms with E-state index in [1.54, 1.807) is 14.0 Å². The largest absolute Gasteiger partial charge is 0.446 e. The number of benzene rings is 1. The van der Waals surface area contributed by atoms with Gasteiger partial charge in [-0.15, -0.1) is 11.3 Å². The van der Waals surface area contributed by atoms with Crippen molar-refractivity contribution in [2.45, 2.75) is 88.3 Å². The Hall–Kier alpha value is -3.99. The summed E-state index contributed by atoms with van der Waals surface area (Å²) in [5.74, 6) is -4.29. The van der Waals surface area contributed by atoms with Gasteiger partial charge in [0.2, 0.25) is 21.8 Å². The summed E-state index contributed by atoms with van der Waals surface area (Å²) in [5, 5.41) is 4.95. The normalized spacial score (nSPS) is 27.8. The van der Waals surface area contributed by atoms with Crippen LogP contribution in [0.15, 0.2) is 30.4 Å². The van der Waals surface area contributed by atoms with E-state index in [4.69, 9.17) is 4.74 Å². The Kier molecular flexibility index (Phi) is 10.00. The van der Waals surface area contributed by atoms with Crippen LogP contribution in [0.5, 0.6) is 0 Å². The molecule has 2 heterocycles. The molecular weight excluding hydrogens is 712 g/mol. The molecule has 2 aromatic rings. The quantitative estimate of drug-likeness (QED) is 0.345. The van der Waals surface area contributed by atoms with E-state index >= 15 is 0 Å². The first-order valence-electron chi connectivity index (χ1n) is 16.9. The zero-order valence-corrected chi connectivity index (χ0v) is 30.0. The van der Waals surface area contributed by atoms with Gasteiger partial charge in [-0.25, -0.2) is 18.2 Å².